The minimum Gasteiger partial charge on any atom is -0.393 e. The van der Waals surface area contributed by atoms with Crippen molar-refractivity contribution in [1.29, 1.82) is 0 Å². The van der Waals surface area contributed by atoms with Gasteiger partial charge in [0.1, 0.15) is 0 Å². The minimum atomic E-state index is -0.0881. The SMILES string of the molecule is C=C(CC[C@@H](C)[C@H]1CC[C@H]2[C@@H]3CC=C4C[C@@H](O)CC[C@]4(C)[C@H]3CC[C@]12C)N1CCSCC1. The van der Waals surface area contributed by atoms with Crippen molar-refractivity contribution in [1.82, 2.24) is 4.90 Å². The molecule has 2 nitrogen and oxygen atoms in total. The Labute approximate surface area is 201 Å². The van der Waals surface area contributed by atoms with E-state index in [0.717, 1.165) is 42.4 Å². The molecule has 0 aromatic carbocycles. The normalized spacial score (nSPS) is 44.8. The Bertz CT molecular complexity index is 741. The lowest BCUT2D eigenvalue weighted by Crippen LogP contribution is -2.50. The molecule has 4 fully saturated rings. The van der Waals surface area contributed by atoms with E-state index in [1.807, 2.05) is 0 Å². The molecule has 1 N–H and O–H groups in total. The van der Waals surface area contributed by atoms with E-state index in [-0.39, 0.29) is 6.10 Å². The summed E-state index contributed by atoms with van der Waals surface area (Å²) in [6.45, 7) is 14.7. The molecule has 0 aromatic heterocycles. The highest BCUT2D eigenvalue weighted by Crippen LogP contribution is 2.67. The van der Waals surface area contributed by atoms with Crippen LogP contribution in [0.2, 0.25) is 0 Å². The summed E-state index contributed by atoms with van der Waals surface area (Å²) in [6, 6.07) is 0. The molecule has 1 aliphatic heterocycles. The van der Waals surface area contributed by atoms with Gasteiger partial charge in [-0.2, -0.15) is 11.8 Å². The molecule has 0 unspecified atom stereocenters. The lowest BCUT2D eigenvalue weighted by Gasteiger charge is -2.58. The fraction of sp³-hybridized carbons (Fsp3) is 0.862. The van der Waals surface area contributed by atoms with Gasteiger partial charge in [0.2, 0.25) is 0 Å². The largest absolute Gasteiger partial charge is 0.393 e. The van der Waals surface area contributed by atoms with Crippen LogP contribution in [0.25, 0.3) is 0 Å². The second kappa shape index (κ2) is 8.99. The number of thioether (sulfide) groups is 1. The van der Waals surface area contributed by atoms with Crippen LogP contribution < -0.4 is 0 Å². The first-order valence-electron chi connectivity index (χ1n) is 13.7. The fourth-order valence-corrected chi connectivity index (χ4v) is 10.2. The maximum absolute atomic E-state index is 10.3. The Morgan fingerprint density at radius 1 is 1.16 bits per heavy atom. The van der Waals surface area contributed by atoms with Crippen LogP contribution in [0.3, 0.4) is 0 Å². The van der Waals surface area contributed by atoms with Crippen molar-refractivity contribution in [3.8, 4) is 0 Å². The zero-order chi connectivity index (χ0) is 22.5. The van der Waals surface area contributed by atoms with E-state index < -0.39 is 0 Å². The summed E-state index contributed by atoms with van der Waals surface area (Å²) in [6.07, 6.45) is 15.2. The lowest BCUT2D eigenvalue weighted by atomic mass is 9.47. The summed E-state index contributed by atoms with van der Waals surface area (Å²) in [4.78, 5) is 2.56. The van der Waals surface area contributed by atoms with E-state index in [0.29, 0.717) is 10.8 Å². The number of hydrogen-bond acceptors (Lipinski definition) is 3. The minimum absolute atomic E-state index is 0.0881. The quantitative estimate of drug-likeness (QED) is 0.454. The summed E-state index contributed by atoms with van der Waals surface area (Å²) < 4.78 is 0. The summed E-state index contributed by atoms with van der Waals surface area (Å²) in [5.74, 6) is 6.91. The molecule has 5 aliphatic rings. The zero-order valence-corrected chi connectivity index (χ0v) is 21.8. The Morgan fingerprint density at radius 3 is 2.72 bits per heavy atom. The third-order valence-corrected chi connectivity index (χ3v) is 12.1. The molecule has 4 aliphatic carbocycles. The van der Waals surface area contributed by atoms with E-state index in [4.69, 9.17) is 0 Å². The molecule has 0 aromatic rings. The molecule has 5 rings (SSSR count). The maximum atomic E-state index is 10.3. The van der Waals surface area contributed by atoms with E-state index in [2.05, 4.69) is 50.1 Å². The van der Waals surface area contributed by atoms with Crippen LogP contribution in [0.1, 0.15) is 85.0 Å². The van der Waals surface area contributed by atoms with Crippen molar-refractivity contribution < 1.29 is 5.11 Å². The van der Waals surface area contributed by atoms with Gasteiger partial charge in [-0.05, 0) is 105 Å². The molecule has 1 saturated heterocycles. The van der Waals surface area contributed by atoms with Gasteiger partial charge < -0.3 is 10.0 Å². The third kappa shape index (κ3) is 3.92. The number of fused-ring (bicyclic) bond motifs is 5. The molecule has 0 bridgehead atoms. The van der Waals surface area contributed by atoms with Gasteiger partial charge in [0.15, 0.2) is 0 Å². The first kappa shape index (κ1) is 23.3. The highest BCUT2D eigenvalue weighted by molar-refractivity contribution is 7.99. The second-order valence-corrected chi connectivity index (χ2v) is 13.8. The number of allylic oxidation sites excluding steroid dienone is 2. The molecule has 1 heterocycles. The molecule has 180 valence electrons. The van der Waals surface area contributed by atoms with Gasteiger partial charge in [-0.15, -0.1) is 0 Å². The van der Waals surface area contributed by atoms with E-state index >= 15 is 0 Å². The standard InChI is InChI=1S/C29H47NOS/c1-20(5-6-21(2)30-15-17-32-18-16-30)25-9-10-26-24-8-7-22-19-23(31)11-13-28(22,3)27(24)12-14-29(25,26)4/h7,20,23-27,31H,2,5-6,8-19H2,1,3-4H3/t20-,23+,24+,25-,26+,27+,28+,29-/m1/s1. The fourth-order valence-electron chi connectivity index (χ4n) is 9.25. The number of rotatable bonds is 5. The van der Waals surface area contributed by atoms with Crippen LogP contribution in [-0.2, 0) is 0 Å². The van der Waals surface area contributed by atoms with Crippen LogP contribution in [0, 0.1) is 40.4 Å². The van der Waals surface area contributed by atoms with Gasteiger partial charge in [-0.25, -0.2) is 0 Å². The number of aliphatic hydroxyl groups is 1. The van der Waals surface area contributed by atoms with Crippen molar-refractivity contribution in [2.45, 2.75) is 91.1 Å². The van der Waals surface area contributed by atoms with Crippen LogP contribution in [0.15, 0.2) is 23.9 Å². The van der Waals surface area contributed by atoms with E-state index in [9.17, 15) is 5.11 Å². The molecule has 0 radical (unpaired) electrons. The highest BCUT2D eigenvalue weighted by Gasteiger charge is 2.59. The Kier molecular flexibility index (Phi) is 6.55. The monoisotopic (exact) mass is 457 g/mol. The summed E-state index contributed by atoms with van der Waals surface area (Å²) in [7, 11) is 0. The number of hydrogen-bond donors (Lipinski definition) is 1. The van der Waals surface area contributed by atoms with E-state index in [1.165, 1.54) is 81.7 Å². The molecular formula is C29H47NOS. The van der Waals surface area contributed by atoms with Gasteiger partial charge >= 0.3 is 0 Å². The summed E-state index contributed by atoms with van der Waals surface area (Å²) in [5.41, 5.74) is 3.92. The predicted octanol–water partition coefficient (Wildman–Crippen LogP) is 6.91. The molecule has 0 amide bonds. The second-order valence-electron chi connectivity index (χ2n) is 12.6. The molecule has 32 heavy (non-hydrogen) atoms. The summed E-state index contributed by atoms with van der Waals surface area (Å²) >= 11 is 2.09. The first-order valence-corrected chi connectivity index (χ1v) is 14.9. The Morgan fingerprint density at radius 2 is 1.94 bits per heavy atom. The Hall–Kier alpha value is -0.410. The predicted molar refractivity (Wildman–Crippen MR) is 138 cm³/mol. The van der Waals surface area contributed by atoms with Crippen molar-refractivity contribution in [3.63, 3.8) is 0 Å². The first-order chi connectivity index (χ1) is 15.3. The van der Waals surface area contributed by atoms with Crippen LogP contribution >= 0.6 is 11.8 Å². The van der Waals surface area contributed by atoms with Crippen LogP contribution in [0.4, 0.5) is 0 Å². The third-order valence-electron chi connectivity index (χ3n) is 11.2. The van der Waals surface area contributed by atoms with Gasteiger partial charge in [-0.3, -0.25) is 0 Å². The van der Waals surface area contributed by atoms with Crippen molar-refractivity contribution >= 4 is 11.8 Å². The number of aliphatic hydroxyl groups excluding tert-OH is 1. The lowest BCUT2D eigenvalue weighted by molar-refractivity contribution is -0.0571. The molecule has 8 atom stereocenters. The average Bonchev–Trinajstić information content (AvgIpc) is 3.15. The van der Waals surface area contributed by atoms with Crippen molar-refractivity contribution in [2.75, 3.05) is 24.6 Å². The molecular weight excluding hydrogens is 410 g/mol. The van der Waals surface area contributed by atoms with Crippen molar-refractivity contribution in [2.24, 2.45) is 40.4 Å². The van der Waals surface area contributed by atoms with Gasteiger partial charge in [-0.1, -0.05) is 39.0 Å². The molecule has 3 saturated carbocycles. The van der Waals surface area contributed by atoms with Gasteiger partial charge in [0, 0.05) is 30.3 Å². The smallest absolute Gasteiger partial charge is 0.0577 e. The Balaban J connectivity index is 1.25. The number of nitrogens with zero attached hydrogens (tertiary/aromatic N) is 1. The highest BCUT2D eigenvalue weighted by atomic mass is 32.2. The van der Waals surface area contributed by atoms with Crippen LogP contribution in [-0.4, -0.2) is 40.7 Å². The molecule has 3 heteroatoms. The molecule has 0 spiro atoms. The average molecular weight is 458 g/mol. The van der Waals surface area contributed by atoms with E-state index in [1.54, 1.807) is 5.57 Å². The van der Waals surface area contributed by atoms with Crippen molar-refractivity contribution in [3.05, 3.63) is 23.9 Å². The van der Waals surface area contributed by atoms with Gasteiger partial charge in [0.05, 0.1) is 6.10 Å². The topological polar surface area (TPSA) is 23.5 Å². The summed E-state index contributed by atoms with van der Waals surface area (Å²) in [5, 5.41) is 10.3. The maximum Gasteiger partial charge on any atom is 0.0577 e. The van der Waals surface area contributed by atoms with Gasteiger partial charge in [0.25, 0.3) is 0 Å². The van der Waals surface area contributed by atoms with Crippen LogP contribution in [0.5, 0.6) is 0 Å². The zero-order valence-electron chi connectivity index (χ0n) is 21.0.